The maximum absolute atomic E-state index is 10.2. The van der Waals surface area contributed by atoms with E-state index in [1.807, 2.05) is 27.8 Å². The van der Waals surface area contributed by atoms with Crippen LogP contribution in [0.3, 0.4) is 0 Å². The van der Waals surface area contributed by atoms with Crippen molar-refractivity contribution in [1.29, 1.82) is 0 Å². The molecule has 21 heavy (non-hydrogen) atoms. The lowest BCUT2D eigenvalue weighted by Crippen LogP contribution is -2.17. The number of anilines is 1. The fraction of sp³-hybridized carbons (Fsp3) is 0.588. The molecule has 0 fully saturated rings. The summed E-state index contributed by atoms with van der Waals surface area (Å²) in [5.41, 5.74) is 1.06. The normalized spacial score (nSPS) is 11.0. The van der Waals surface area contributed by atoms with E-state index in [2.05, 4.69) is 26.1 Å². The third-order valence-corrected chi connectivity index (χ3v) is 3.04. The lowest BCUT2D eigenvalue weighted by Gasteiger charge is -2.21. The quantitative estimate of drug-likeness (QED) is 0.644. The van der Waals surface area contributed by atoms with Gasteiger partial charge in [0.25, 0.3) is 0 Å². The zero-order chi connectivity index (χ0) is 17.1. The van der Waals surface area contributed by atoms with Crippen molar-refractivity contribution in [3.63, 3.8) is 0 Å². The molecule has 0 heterocycles. The number of methoxy groups -OCH3 is 1. The zero-order valence-electron chi connectivity index (χ0n) is 14.7. The third kappa shape index (κ3) is 8.95. The Labute approximate surface area is 129 Å². The van der Waals surface area contributed by atoms with E-state index in [1.54, 1.807) is 18.2 Å². The molecule has 0 aliphatic carbocycles. The average molecular weight is 297 g/mol. The molecule has 0 bridgehead atoms. The van der Waals surface area contributed by atoms with E-state index in [9.17, 15) is 9.90 Å². The molecule has 1 rings (SSSR count). The Morgan fingerprint density at radius 2 is 1.81 bits per heavy atom. The summed E-state index contributed by atoms with van der Waals surface area (Å²) < 4.78 is 4.90. The second-order valence-electron chi connectivity index (χ2n) is 5.43. The molecule has 0 aliphatic heterocycles. The number of carbonyl (C=O) groups excluding carboxylic acids is 1. The highest BCUT2D eigenvalue weighted by Gasteiger charge is 2.18. The minimum absolute atomic E-state index is 0.141. The fourth-order valence-electron chi connectivity index (χ4n) is 1.04. The van der Waals surface area contributed by atoms with Gasteiger partial charge >= 0.3 is 0 Å². The first-order valence-corrected chi connectivity index (χ1v) is 7.26. The summed E-state index contributed by atoms with van der Waals surface area (Å²) in [5, 5.41) is 12.1. The Kier molecular flexibility index (Phi) is 11.3. The van der Waals surface area contributed by atoms with Gasteiger partial charge in [-0.15, -0.1) is 0 Å². The zero-order valence-corrected chi connectivity index (χ0v) is 14.7. The van der Waals surface area contributed by atoms with Gasteiger partial charge in [-0.05, 0) is 17.5 Å². The van der Waals surface area contributed by atoms with E-state index in [-0.39, 0.29) is 17.1 Å². The smallest absolute Gasteiger partial charge is 0.162 e. The number of rotatable bonds is 3. The maximum Gasteiger partial charge on any atom is 0.162 e. The Morgan fingerprint density at radius 1 is 1.29 bits per heavy atom. The molecular weight excluding hydrogens is 266 g/mol. The van der Waals surface area contributed by atoms with Crippen LogP contribution in [0.25, 0.3) is 0 Å². The van der Waals surface area contributed by atoms with Crippen LogP contribution in [0.2, 0.25) is 0 Å². The van der Waals surface area contributed by atoms with Gasteiger partial charge in [0.15, 0.2) is 11.5 Å². The van der Waals surface area contributed by atoms with E-state index in [1.165, 1.54) is 7.11 Å². The number of hydrogen-bond donors (Lipinski definition) is 2. The second kappa shape index (κ2) is 11.0. The van der Waals surface area contributed by atoms with Crippen LogP contribution in [-0.2, 0) is 4.79 Å². The molecule has 0 aliphatic rings. The van der Waals surface area contributed by atoms with Crippen LogP contribution < -0.4 is 10.1 Å². The molecule has 0 saturated carbocycles. The molecule has 1 unspecified atom stereocenters. The van der Waals surface area contributed by atoms with E-state index in [0.29, 0.717) is 5.75 Å². The number of aromatic hydroxyl groups is 1. The topological polar surface area (TPSA) is 58.6 Å². The summed E-state index contributed by atoms with van der Waals surface area (Å²) in [7, 11) is 3.33. The Balaban J connectivity index is 0. The fourth-order valence-corrected chi connectivity index (χ4v) is 1.04. The Morgan fingerprint density at radius 3 is 2.10 bits per heavy atom. The molecule has 0 spiro atoms. The molecule has 1 aromatic rings. The highest BCUT2D eigenvalue weighted by atomic mass is 16.5. The molecule has 1 aromatic carbocycles. The van der Waals surface area contributed by atoms with E-state index < -0.39 is 0 Å². The molecule has 0 amide bonds. The summed E-state index contributed by atoms with van der Waals surface area (Å²) in [4.78, 5) is 10.2. The number of phenolic OH excluding ortho intramolecular Hbond substituents is 1. The Hall–Kier alpha value is -1.71. The van der Waals surface area contributed by atoms with E-state index in [0.717, 1.165) is 12.0 Å². The van der Waals surface area contributed by atoms with Gasteiger partial charge in [-0.2, -0.15) is 0 Å². The molecule has 0 saturated heterocycles. The van der Waals surface area contributed by atoms with Crippen LogP contribution in [-0.4, -0.2) is 25.6 Å². The first-order chi connectivity index (χ1) is 9.76. The standard InChI is InChI=1S/C8H11NO2.C7H14O.C2H6/c1-9-6-3-4-7(10)8(5-6)11-2;1-6(5-8)7(2,3)4;1-2/h3-5,9-10H,1-2H3;5-6H,1-4H3;1-2H3. The number of benzene rings is 1. The van der Waals surface area contributed by atoms with Gasteiger partial charge < -0.3 is 20.0 Å². The van der Waals surface area contributed by atoms with Gasteiger partial charge in [-0.1, -0.05) is 41.5 Å². The van der Waals surface area contributed by atoms with Gasteiger partial charge in [0.05, 0.1) is 7.11 Å². The number of phenols is 1. The van der Waals surface area contributed by atoms with Crippen molar-refractivity contribution in [3.8, 4) is 11.5 Å². The van der Waals surface area contributed by atoms with Crippen molar-refractivity contribution in [2.24, 2.45) is 11.3 Å². The average Bonchev–Trinajstić information content (AvgIpc) is 2.48. The predicted molar refractivity (Wildman–Crippen MR) is 90.2 cm³/mol. The van der Waals surface area contributed by atoms with Gasteiger partial charge in [-0.3, -0.25) is 0 Å². The van der Waals surface area contributed by atoms with E-state index >= 15 is 0 Å². The first-order valence-electron chi connectivity index (χ1n) is 7.26. The molecule has 4 heteroatoms. The van der Waals surface area contributed by atoms with Crippen LogP contribution in [0, 0.1) is 11.3 Å². The first kappa shape index (κ1) is 21.6. The monoisotopic (exact) mass is 297 g/mol. The predicted octanol–water partition coefficient (Wildman–Crippen LogP) is 4.34. The van der Waals surface area contributed by atoms with Crippen LogP contribution in [0.15, 0.2) is 18.2 Å². The minimum atomic E-state index is 0.141. The van der Waals surface area contributed by atoms with Crippen molar-refractivity contribution in [3.05, 3.63) is 18.2 Å². The van der Waals surface area contributed by atoms with Crippen molar-refractivity contribution in [1.82, 2.24) is 0 Å². The number of aldehydes is 1. The maximum atomic E-state index is 10.2. The van der Waals surface area contributed by atoms with Crippen molar-refractivity contribution >= 4 is 12.0 Å². The van der Waals surface area contributed by atoms with Crippen LogP contribution in [0.4, 0.5) is 5.69 Å². The van der Waals surface area contributed by atoms with Gasteiger partial charge in [0.2, 0.25) is 0 Å². The molecule has 0 radical (unpaired) electrons. The number of hydrogen-bond acceptors (Lipinski definition) is 4. The van der Waals surface area contributed by atoms with Crippen molar-refractivity contribution in [2.75, 3.05) is 19.5 Å². The third-order valence-electron chi connectivity index (χ3n) is 3.04. The van der Waals surface area contributed by atoms with Crippen molar-refractivity contribution < 1.29 is 14.6 Å². The second-order valence-corrected chi connectivity index (χ2v) is 5.43. The SMILES string of the molecule is CC.CC(C=O)C(C)(C)C.CNc1ccc(O)c(OC)c1. The van der Waals surface area contributed by atoms with Gasteiger partial charge in [0.1, 0.15) is 6.29 Å². The molecule has 1 atom stereocenters. The molecule has 4 nitrogen and oxygen atoms in total. The molecule has 122 valence electrons. The summed E-state index contributed by atoms with van der Waals surface area (Å²) in [6.45, 7) is 12.1. The largest absolute Gasteiger partial charge is 0.504 e. The molecule has 0 aromatic heterocycles. The summed E-state index contributed by atoms with van der Waals surface area (Å²) in [6.07, 6.45) is 1.00. The number of carbonyl (C=O) groups is 1. The van der Waals surface area contributed by atoms with Crippen LogP contribution in [0.1, 0.15) is 41.5 Å². The minimum Gasteiger partial charge on any atom is -0.504 e. The Bertz CT molecular complexity index is 398. The molecular formula is C17H31NO3. The lowest BCUT2D eigenvalue weighted by molar-refractivity contribution is -0.113. The van der Waals surface area contributed by atoms with Crippen LogP contribution in [0.5, 0.6) is 11.5 Å². The number of ether oxygens (including phenoxy) is 1. The lowest BCUT2D eigenvalue weighted by atomic mass is 9.83. The van der Waals surface area contributed by atoms with Gasteiger partial charge in [-0.25, -0.2) is 0 Å². The van der Waals surface area contributed by atoms with Crippen molar-refractivity contribution in [2.45, 2.75) is 41.5 Å². The van der Waals surface area contributed by atoms with Gasteiger partial charge in [0, 0.05) is 24.7 Å². The van der Waals surface area contributed by atoms with E-state index in [4.69, 9.17) is 4.74 Å². The summed E-state index contributed by atoms with van der Waals surface area (Å²) in [6, 6.07) is 5.10. The highest BCUT2D eigenvalue weighted by molar-refractivity contribution is 5.54. The summed E-state index contributed by atoms with van der Waals surface area (Å²) in [5.74, 6) is 0.811. The van der Waals surface area contributed by atoms with Crippen LogP contribution >= 0.6 is 0 Å². The number of nitrogens with one attached hydrogen (secondary N) is 1. The molecule has 2 N–H and O–H groups in total. The summed E-state index contributed by atoms with van der Waals surface area (Å²) >= 11 is 0. The highest BCUT2D eigenvalue weighted by Crippen LogP contribution is 2.28.